The van der Waals surface area contributed by atoms with E-state index in [1.54, 1.807) is 0 Å². The number of halogens is 2. The van der Waals surface area contributed by atoms with Crippen LogP contribution in [-0.4, -0.2) is 35.0 Å². The van der Waals surface area contributed by atoms with Crippen LogP contribution in [0.4, 0.5) is 5.69 Å². The molecule has 0 radical (unpaired) electrons. The maximum atomic E-state index is 6.44. The quantitative estimate of drug-likeness (QED) is 0.499. The number of aliphatic imine (C=N–C) groups is 1. The lowest BCUT2D eigenvalue weighted by Gasteiger charge is -2.53. The summed E-state index contributed by atoms with van der Waals surface area (Å²) in [7, 11) is 1.96. The van der Waals surface area contributed by atoms with Gasteiger partial charge in [-0.2, -0.15) is 5.10 Å². The molecule has 0 aromatic heterocycles. The van der Waals surface area contributed by atoms with Crippen molar-refractivity contribution < 1.29 is 0 Å². The summed E-state index contributed by atoms with van der Waals surface area (Å²) in [5, 5.41) is 8.13. The van der Waals surface area contributed by atoms with Crippen LogP contribution in [0.3, 0.4) is 0 Å². The largest absolute Gasteiger partial charge is 0.325 e. The molecule has 31 heavy (non-hydrogen) atoms. The van der Waals surface area contributed by atoms with Gasteiger partial charge in [0, 0.05) is 48.0 Å². The van der Waals surface area contributed by atoms with E-state index < -0.39 is 5.41 Å². The fourth-order valence-electron chi connectivity index (χ4n) is 5.24. The van der Waals surface area contributed by atoms with Gasteiger partial charge in [0.15, 0.2) is 0 Å². The second-order valence-corrected chi connectivity index (χ2v) is 9.25. The molecular formula is C25H24Cl2N4. The van der Waals surface area contributed by atoms with E-state index in [1.807, 2.05) is 42.5 Å². The van der Waals surface area contributed by atoms with Crippen LogP contribution in [0.5, 0.6) is 0 Å². The lowest BCUT2D eigenvalue weighted by atomic mass is 9.59. The topological polar surface area (TPSA) is 31.2 Å². The molecule has 0 amide bonds. The van der Waals surface area contributed by atoms with Crippen LogP contribution in [0.1, 0.15) is 36.8 Å². The van der Waals surface area contributed by atoms with Crippen molar-refractivity contribution in [2.24, 2.45) is 10.1 Å². The van der Waals surface area contributed by atoms with Crippen molar-refractivity contribution in [3.05, 3.63) is 88.2 Å². The lowest BCUT2D eigenvalue weighted by Crippen LogP contribution is -2.60. The molecule has 0 unspecified atom stereocenters. The van der Waals surface area contributed by atoms with Crippen molar-refractivity contribution in [2.75, 3.05) is 7.05 Å². The smallest absolute Gasteiger partial charge is 0.130 e. The average Bonchev–Trinajstić information content (AvgIpc) is 3.11. The Morgan fingerprint density at radius 3 is 2.74 bits per heavy atom. The molecule has 0 aliphatic carbocycles. The van der Waals surface area contributed by atoms with Crippen LogP contribution in [0.25, 0.3) is 0 Å². The van der Waals surface area contributed by atoms with Crippen molar-refractivity contribution >= 4 is 40.9 Å². The van der Waals surface area contributed by atoms with Gasteiger partial charge in [-0.3, -0.25) is 10.0 Å². The van der Waals surface area contributed by atoms with E-state index >= 15 is 0 Å². The number of hydrogen-bond donors (Lipinski definition) is 0. The second-order valence-electron chi connectivity index (χ2n) is 8.37. The highest BCUT2D eigenvalue weighted by molar-refractivity contribution is 6.31. The molecule has 158 valence electrons. The predicted octanol–water partition coefficient (Wildman–Crippen LogP) is 6.50. The van der Waals surface area contributed by atoms with E-state index in [0.29, 0.717) is 5.02 Å². The molecular weight excluding hydrogens is 427 g/mol. The Balaban J connectivity index is 1.79. The molecule has 3 heterocycles. The third-order valence-electron chi connectivity index (χ3n) is 6.64. The van der Waals surface area contributed by atoms with Crippen LogP contribution < -0.4 is 0 Å². The monoisotopic (exact) mass is 450 g/mol. The summed E-state index contributed by atoms with van der Waals surface area (Å²) in [6.45, 7) is 6.66. The summed E-state index contributed by atoms with van der Waals surface area (Å²) in [5.41, 5.74) is 4.01. The standard InChI is InChI=1S/C25H24Cl2N4/c1-4-16(2)24-25(15-28-22-13-19(27)8-9-20(22)25)21(17-6-5-7-18(26)12-17)14-23-29-30(3)10-11-31(23)24/h5-13,15,21,24H,2,4,14H2,1,3H3/t21-,24+,25+/m0/s1. The van der Waals surface area contributed by atoms with E-state index in [9.17, 15) is 0 Å². The molecule has 6 heteroatoms. The van der Waals surface area contributed by atoms with Crippen LogP contribution >= 0.6 is 23.2 Å². The maximum absolute atomic E-state index is 6.44. The number of piperidine rings is 1. The molecule has 3 aliphatic heterocycles. The highest BCUT2D eigenvalue weighted by Gasteiger charge is 2.56. The fourth-order valence-corrected chi connectivity index (χ4v) is 5.60. The van der Waals surface area contributed by atoms with Crippen molar-refractivity contribution in [3.8, 4) is 0 Å². The maximum Gasteiger partial charge on any atom is 0.130 e. The number of hydrogen-bond acceptors (Lipinski definition) is 4. The molecule has 0 saturated carbocycles. The Morgan fingerprint density at radius 2 is 1.97 bits per heavy atom. The van der Waals surface area contributed by atoms with Gasteiger partial charge >= 0.3 is 0 Å². The van der Waals surface area contributed by atoms with Gasteiger partial charge in [0.1, 0.15) is 5.84 Å². The van der Waals surface area contributed by atoms with Gasteiger partial charge in [-0.1, -0.05) is 60.5 Å². The number of amidine groups is 1. The molecule has 2 aromatic carbocycles. The van der Waals surface area contributed by atoms with Gasteiger partial charge in [-0.15, -0.1) is 0 Å². The summed E-state index contributed by atoms with van der Waals surface area (Å²) in [5.74, 6) is 1.12. The number of nitrogens with zero attached hydrogens (tertiary/aromatic N) is 4. The summed E-state index contributed by atoms with van der Waals surface area (Å²) in [6.07, 6.45) is 7.84. The van der Waals surface area contributed by atoms with Crippen LogP contribution in [-0.2, 0) is 5.41 Å². The van der Waals surface area contributed by atoms with Crippen LogP contribution in [0.15, 0.2) is 77.1 Å². The minimum atomic E-state index is -0.406. The van der Waals surface area contributed by atoms with Crippen molar-refractivity contribution in [1.82, 2.24) is 9.91 Å². The summed E-state index contributed by atoms with van der Waals surface area (Å²) < 4.78 is 0. The van der Waals surface area contributed by atoms with Gasteiger partial charge in [0.05, 0.1) is 17.1 Å². The minimum absolute atomic E-state index is 0.0230. The average molecular weight is 451 g/mol. The molecule has 1 fully saturated rings. The number of fused-ring (bicyclic) bond motifs is 3. The van der Waals surface area contributed by atoms with Gasteiger partial charge in [0.2, 0.25) is 0 Å². The summed E-state index contributed by atoms with van der Waals surface area (Å²) >= 11 is 12.8. The van der Waals surface area contributed by atoms with Gasteiger partial charge < -0.3 is 4.90 Å². The van der Waals surface area contributed by atoms with Crippen molar-refractivity contribution in [2.45, 2.75) is 37.1 Å². The Hall–Kier alpha value is -2.56. The first-order valence-electron chi connectivity index (χ1n) is 10.5. The zero-order valence-electron chi connectivity index (χ0n) is 17.6. The first-order valence-corrected chi connectivity index (χ1v) is 11.2. The predicted molar refractivity (Wildman–Crippen MR) is 129 cm³/mol. The van der Waals surface area contributed by atoms with Crippen molar-refractivity contribution in [3.63, 3.8) is 0 Å². The molecule has 5 rings (SSSR count). The first-order chi connectivity index (χ1) is 14.9. The van der Waals surface area contributed by atoms with E-state index in [-0.39, 0.29) is 12.0 Å². The Kier molecular flexibility index (Phi) is 4.95. The van der Waals surface area contributed by atoms with E-state index in [0.717, 1.165) is 35.0 Å². The van der Waals surface area contributed by atoms with Gasteiger partial charge in [-0.25, -0.2) is 0 Å². The third-order valence-corrected chi connectivity index (χ3v) is 7.11. The normalized spacial score (nSPS) is 26.1. The van der Waals surface area contributed by atoms with E-state index in [1.165, 1.54) is 11.1 Å². The van der Waals surface area contributed by atoms with Crippen LogP contribution in [0, 0.1) is 0 Å². The molecule has 1 saturated heterocycles. The fraction of sp³-hybridized carbons (Fsp3) is 0.280. The van der Waals surface area contributed by atoms with Crippen molar-refractivity contribution in [1.29, 1.82) is 0 Å². The zero-order valence-corrected chi connectivity index (χ0v) is 19.1. The summed E-state index contributed by atoms with van der Waals surface area (Å²) in [4.78, 5) is 7.15. The third kappa shape index (κ3) is 3.12. The van der Waals surface area contributed by atoms with E-state index in [2.05, 4.69) is 49.0 Å². The Morgan fingerprint density at radius 1 is 1.16 bits per heavy atom. The molecule has 3 atom stereocenters. The Labute approximate surface area is 193 Å². The number of rotatable bonds is 3. The second kappa shape index (κ2) is 7.54. The zero-order chi connectivity index (χ0) is 21.8. The lowest BCUT2D eigenvalue weighted by molar-refractivity contribution is 0.241. The summed E-state index contributed by atoms with van der Waals surface area (Å²) in [6, 6.07) is 14.2. The van der Waals surface area contributed by atoms with E-state index in [4.69, 9.17) is 33.3 Å². The van der Waals surface area contributed by atoms with Gasteiger partial charge in [0.25, 0.3) is 0 Å². The molecule has 2 aromatic rings. The highest BCUT2D eigenvalue weighted by atomic mass is 35.5. The van der Waals surface area contributed by atoms with Crippen LogP contribution in [0.2, 0.25) is 10.0 Å². The SMILES string of the molecule is C=C(CC)[C@H]1N2C=CN(C)N=C2C[C@@H](c2cccc(Cl)c2)[C@]12C=Nc1cc(Cl)ccc12. The molecule has 1 spiro atoms. The molecule has 3 aliphatic rings. The molecule has 0 N–H and O–H groups in total. The number of hydrazone groups is 1. The minimum Gasteiger partial charge on any atom is -0.325 e. The first kappa shape index (κ1) is 20.3. The Bertz CT molecular complexity index is 1150. The molecule has 0 bridgehead atoms. The number of benzene rings is 2. The highest BCUT2D eigenvalue weighted by Crippen LogP contribution is 2.56. The molecule has 4 nitrogen and oxygen atoms in total. The van der Waals surface area contributed by atoms with Gasteiger partial charge in [-0.05, 0) is 41.8 Å².